The van der Waals surface area contributed by atoms with Gasteiger partial charge < -0.3 is 10.6 Å². The second kappa shape index (κ2) is 8.44. The zero-order valence-corrected chi connectivity index (χ0v) is 20.6. The number of benzene rings is 1. The van der Waals surface area contributed by atoms with Gasteiger partial charge >= 0.3 is 6.18 Å². The van der Waals surface area contributed by atoms with Crippen molar-refractivity contribution < 1.29 is 13.2 Å². The van der Waals surface area contributed by atoms with E-state index in [0.29, 0.717) is 22.4 Å². The van der Waals surface area contributed by atoms with Gasteiger partial charge in [-0.1, -0.05) is 6.07 Å². The first-order valence-electron chi connectivity index (χ1n) is 12.4. The lowest BCUT2D eigenvalue weighted by Gasteiger charge is -2.21. The van der Waals surface area contributed by atoms with Gasteiger partial charge in [-0.05, 0) is 75.0 Å². The van der Waals surface area contributed by atoms with Crippen LogP contribution in [0.1, 0.15) is 49.6 Å². The molecule has 7 nitrogen and oxygen atoms in total. The van der Waals surface area contributed by atoms with Gasteiger partial charge in [0.05, 0.1) is 22.3 Å². The third-order valence-electron chi connectivity index (χ3n) is 7.39. The van der Waals surface area contributed by atoms with E-state index in [9.17, 15) is 18.0 Å². The van der Waals surface area contributed by atoms with E-state index >= 15 is 0 Å². The Labute approximate surface area is 211 Å². The van der Waals surface area contributed by atoms with E-state index in [-0.39, 0.29) is 30.1 Å². The largest absolute Gasteiger partial charge is 0.399 e. The molecule has 3 aromatic heterocycles. The Balaban J connectivity index is 1.46. The first-order chi connectivity index (χ1) is 17.7. The molecule has 1 fully saturated rings. The van der Waals surface area contributed by atoms with Crippen LogP contribution in [-0.2, 0) is 18.4 Å². The fourth-order valence-electron chi connectivity index (χ4n) is 5.24. The second-order valence-electron chi connectivity index (χ2n) is 10.2. The Morgan fingerprint density at radius 2 is 1.89 bits per heavy atom. The average Bonchev–Trinajstić information content (AvgIpc) is 3.64. The molecule has 1 saturated carbocycles. The maximum absolute atomic E-state index is 13.8. The number of halogens is 3. The summed E-state index contributed by atoms with van der Waals surface area (Å²) in [6.07, 6.45) is -0.479. The summed E-state index contributed by atoms with van der Waals surface area (Å²) in [4.78, 5) is 21.9. The Hall–Kier alpha value is -3.66. The molecule has 6 rings (SSSR count). The lowest BCUT2D eigenvalue weighted by atomic mass is 10.0. The van der Waals surface area contributed by atoms with E-state index in [0.717, 1.165) is 25.2 Å². The highest BCUT2D eigenvalue weighted by Gasteiger charge is 2.65. The van der Waals surface area contributed by atoms with Gasteiger partial charge in [0.15, 0.2) is 0 Å². The van der Waals surface area contributed by atoms with Gasteiger partial charge in [0.2, 0.25) is 0 Å². The van der Waals surface area contributed by atoms with Crippen LogP contribution < -0.4 is 16.2 Å². The molecule has 2 N–H and O–H groups in total. The van der Waals surface area contributed by atoms with Crippen LogP contribution in [0.25, 0.3) is 16.6 Å². The third kappa shape index (κ3) is 3.90. The molecule has 37 heavy (non-hydrogen) atoms. The standard InChI is InChI=1S/C27H27F3N6O/c1-16(2)35-25(37)21-15-33-24(34-19-4-3-18-14-31-9-5-17(18)11-19)13-22(21)36(35)20-6-10-32-23(12-20)26(7-8-26)27(28,29)30/h3-4,6,10-13,15-16,31H,5,7-9,14H2,1-2H3,(H,33,34). The van der Waals surface area contributed by atoms with Crippen molar-refractivity contribution in [3.8, 4) is 5.69 Å². The minimum Gasteiger partial charge on any atom is -0.340 e. The van der Waals surface area contributed by atoms with Crippen LogP contribution >= 0.6 is 0 Å². The van der Waals surface area contributed by atoms with Crippen LogP contribution in [0.2, 0.25) is 0 Å². The van der Waals surface area contributed by atoms with Crippen LogP contribution in [0.15, 0.2) is 53.6 Å². The van der Waals surface area contributed by atoms with Crippen LogP contribution in [-0.4, -0.2) is 32.1 Å². The molecular formula is C27H27F3N6O. The molecule has 1 aliphatic carbocycles. The number of nitrogens with zero attached hydrogens (tertiary/aromatic N) is 4. The smallest absolute Gasteiger partial charge is 0.340 e. The van der Waals surface area contributed by atoms with Gasteiger partial charge in [0.25, 0.3) is 5.56 Å². The molecule has 0 atom stereocenters. The van der Waals surface area contributed by atoms with Gasteiger partial charge in [-0.3, -0.25) is 9.78 Å². The molecule has 0 amide bonds. The molecule has 1 aliphatic heterocycles. The van der Waals surface area contributed by atoms with Crippen molar-refractivity contribution in [1.29, 1.82) is 0 Å². The molecule has 0 spiro atoms. The number of alkyl halides is 3. The van der Waals surface area contributed by atoms with Gasteiger partial charge in [0, 0.05) is 36.7 Å². The summed E-state index contributed by atoms with van der Waals surface area (Å²) in [6.45, 7) is 5.51. The second-order valence-corrected chi connectivity index (χ2v) is 10.2. The summed E-state index contributed by atoms with van der Waals surface area (Å²) < 4.78 is 44.7. The Morgan fingerprint density at radius 3 is 2.62 bits per heavy atom. The zero-order valence-electron chi connectivity index (χ0n) is 20.6. The maximum Gasteiger partial charge on any atom is 0.399 e. The number of anilines is 2. The SMILES string of the molecule is CC(C)n1c(=O)c2cnc(Nc3ccc4c(c3)CCNC4)cc2n1-c1ccnc(C2(C(F)(F)F)CC2)c1. The zero-order chi connectivity index (χ0) is 25.9. The molecule has 192 valence electrons. The highest BCUT2D eigenvalue weighted by Crippen LogP contribution is 2.58. The van der Waals surface area contributed by atoms with Crippen molar-refractivity contribution in [3.05, 3.63) is 76.0 Å². The summed E-state index contributed by atoms with van der Waals surface area (Å²) in [5.74, 6) is 0.541. The van der Waals surface area contributed by atoms with Crippen LogP contribution in [0.4, 0.5) is 24.7 Å². The van der Waals surface area contributed by atoms with E-state index in [1.807, 2.05) is 19.9 Å². The predicted octanol–water partition coefficient (Wildman–Crippen LogP) is 5.15. The van der Waals surface area contributed by atoms with E-state index in [2.05, 4.69) is 32.7 Å². The number of hydrogen-bond donors (Lipinski definition) is 2. The first-order valence-corrected chi connectivity index (χ1v) is 12.4. The molecule has 10 heteroatoms. The monoisotopic (exact) mass is 508 g/mol. The fraction of sp³-hybridized carbons (Fsp3) is 0.370. The molecule has 4 heterocycles. The molecule has 1 aromatic carbocycles. The van der Waals surface area contributed by atoms with Gasteiger partial charge in [-0.2, -0.15) is 13.2 Å². The fourth-order valence-corrected chi connectivity index (χ4v) is 5.24. The maximum atomic E-state index is 13.8. The van der Waals surface area contributed by atoms with Gasteiger partial charge in [0.1, 0.15) is 11.2 Å². The average molecular weight is 509 g/mol. The van der Waals surface area contributed by atoms with Crippen molar-refractivity contribution in [2.75, 3.05) is 11.9 Å². The van der Waals surface area contributed by atoms with E-state index in [1.165, 1.54) is 29.6 Å². The van der Waals surface area contributed by atoms with Crippen molar-refractivity contribution in [1.82, 2.24) is 24.6 Å². The van der Waals surface area contributed by atoms with E-state index < -0.39 is 11.6 Å². The summed E-state index contributed by atoms with van der Waals surface area (Å²) in [6, 6.07) is 10.8. The van der Waals surface area contributed by atoms with E-state index in [1.54, 1.807) is 21.5 Å². The number of fused-ring (bicyclic) bond motifs is 2. The van der Waals surface area contributed by atoms with E-state index in [4.69, 9.17) is 0 Å². The van der Waals surface area contributed by atoms with Crippen molar-refractivity contribution in [2.45, 2.75) is 57.3 Å². The molecule has 0 saturated heterocycles. The van der Waals surface area contributed by atoms with Crippen LogP contribution in [0.5, 0.6) is 0 Å². The summed E-state index contributed by atoms with van der Waals surface area (Å²) in [7, 11) is 0. The van der Waals surface area contributed by atoms with Gasteiger partial charge in [-0.25, -0.2) is 14.3 Å². The Bertz CT molecular complexity index is 1560. The minimum atomic E-state index is -4.37. The van der Waals surface area contributed by atoms with Crippen LogP contribution in [0.3, 0.4) is 0 Å². The highest BCUT2D eigenvalue weighted by molar-refractivity contribution is 5.83. The van der Waals surface area contributed by atoms with Gasteiger partial charge in [-0.15, -0.1) is 0 Å². The number of rotatable bonds is 5. The molecule has 2 aliphatic rings. The molecule has 4 aromatic rings. The van der Waals surface area contributed by atoms with Crippen molar-refractivity contribution in [2.24, 2.45) is 0 Å². The lowest BCUT2D eigenvalue weighted by Crippen LogP contribution is -2.30. The number of pyridine rings is 2. The molecule has 0 bridgehead atoms. The Morgan fingerprint density at radius 1 is 1.08 bits per heavy atom. The topological polar surface area (TPSA) is 76.8 Å². The van der Waals surface area contributed by atoms with Crippen molar-refractivity contribution >= 4 is 22.4 Å². The molecule has 0 unspecified atom stereocenters. The predicted molar refractivity (Wildman–Crippen MR) is 136 cm³/mol. The number of hydrogen-bond acceptors (Lipinski definition) is 5. The number of aromatic nitrogens is 4. The summed E-state index contributed by atoms with van der Waals surface area (Å²) >= 11 is 0. The molecular weight excluding hydrogens is 481 g/mol. The van der Waals surface area contributed by atoms with Crippen LogP contribution in [0, 0.1) is 0 Å². The normalized spacial score (nSPS) is 16.7. The third-order valence-corrected chi connectivity index (χ3v) is 7.39. The first kappa shape index (κ1) is 23.7. The quantitative estimate of drug-likeness (QED) is 0.390. The number of nitrogens with one attached hydrogen (secondary N) is 2. The summed E-state index contributed by atoms with van der Waals surface area (Å²) in [5, 5.41) is 7.09. The highest BCUT2D eigenvalue weighted by atomic mass is 19.4. The Kier molecular flexibility index (Phi) is 5.41. The molecule has 0 radical (unpaired) electrons. The van der Waals surface area contributed by atoms with Crippen molar-refractivity contribution in [3.63, 3.8) is 0 Å². The summed E-state index contributed by atoms with van der Waals surface area (Å²) in [5.41, 5.74) is 2.27. The minimum absolute atomic E-state index is 0.0157. The lowest BCUT2D eigenvalue weighted by molar-refractivity contribution is -0.161.